The Kier molecular flexibility index (Phi) is 7.13. The van der Waals surface area contributed by atoms with Gasteiger partial charge in [-0.2, -0.15) is 0 Å². The fraction of sp³-hybridized carbons (Fsp3) is 0.500. The van der Waals surface area contributed by atoms with Gasteiger partial charge in [0.15, 0.2) is 0 Å². The highest BCUT2D eigenvalue weighted by molar-refractivity contribution is 6.53. The van der Waals surface area contributed by atoms with E-state index in [2.05, 4.69) is 0 Å². The first-order chi connectivity index (χ1) is 18.0. The number of phenols is 2. The Morgan fingerprint density at radius 2 is 1.54 bits per heavy atom. The molecule has 1 aromatic rings. The summed E-state index contributed by atoms with van der Waals surface area (Å²) in [5.41, 5.74) is -3.91. The maximum Gasteiger partial charge on any atom is 0.337 e. The zero-order valence-corrected chi connectivity index (χ0v) is 21.5. The lowest BCUT2D eigenvalue weighted by molar-refractivity contribution is -0.219. The van der Waals surface area contributed by atoms with Crippen LogP contribution in [0.4, 0.5) is 0 Å². The quantitative estimate of drug-likeness (QED) is 0.128. The van der Waals surface area contributed by atoms with Gasteiger partial charge in [-0.15, -0.1) is 0 Å². The third-order valence-corrected chi connectivity index (χ3v) is 7.02. The third kappa shape index (κ3) is 4.40. The molecular formula is C26H30O13. The van der Waals surface area contributed by atoms with Crippen molar-refractivity contribution in [3.8, 4) is 11.5 Å². The molecule has 0 radical (unpaired) electrons. The van der Waals surface area contributed by atoms with Crippen LogP contribution in [0.5, 0.6) is 11.5 Å². The van der Waals surface area contributed by atoms with Crippen LogP contribution in [0.2, 0.25) is 0 Å². The van der Waals surface area contributed by atoms with E-state index in [4.69, 9.17) is 9.47 Å². The fourth-order valence-electron chi connectivity index (χ4n) is 5.21. The van der Waals surface area contributed by atoms with Gasteiger partial charge in [0.1, 0.15) is 53.4 Å². The molecule has 39 heavy (non-hydrogen) atoms. The van der Waals surface area contributed by atoms with Crippen molar-refractivity contribution in [2.24, 2.45) is 0 Å². The Morgan fingerprint density at radius 1 is 0.923 bits per heavy atom. The summed E-state index contributed by atoms with van der Waals surface area (Å²) in [5, 5.41) is 84.3. The second-order valence-corrected chi connectivity index (χ2v) is 10.7. The van der Waals surface area contributed by atoms with Gasteiger partial charge in [0.05, 0.1) is 35.0 Å². The summed E-state index contributed by atoms with van der Waals surface area (Å²) in [6.07, 6.45) is -11.1. The molecular weight excluding hydrogens is 520 g/mol. The zero-order valence-electron chi connectivity index (χ0n) is 21.5. The van der Waals surface area contributed by atoms with Gasteiger partial charge in [0.25, 0.3) is 0 Å². The number of esters is 1. The number of carbonyl (C=O) groups is 3. The lowest BCUT2D eigenvalue weighted by Crippen LogP contribution is -2.60. The normalized spacial score (nSPS) is 29.4. The molecule has 13 nitrogen and oxygen atoms in total. The summed E-state index contributed by atoms with van der Waals surface area (Å²) in [6, 6.07) is 0. The first kappa shape index (κ1) is 28.7. The summed E-state index contributed by atoms with van der Waals surface area (Å²) in [7, 11) is 0. The van der Waals surface area contributed by atoms with Gasteiger partial charge in [-0.05, 0) is 33.3 Å². The number of Topliss-reactive ketones (excluding diaryl/α,β-unsaturated/α-hetero) is 2. The lowest BCUT2D eigenvalue weighted by Gasteiger charge is -2.41. The van der Waals surface area contributed by atoms with Crippen molar-refractivity contribution in [3.63, 3.8) is 0 Å². The van der Waals surface area contributed by atoms with Gasteiger partial charge in [0.2, 0.25) is 11.6 Å². The minimum absolute atomic E-state index is 0.0276. The van der Waals surface area contributed by atoms with Gasteiger partial charge in [0, 0.05) is 17.5 Å². The smallest absolute Gasteiger partial charge is 0.337 e. The maximum absolute atomic E-state index is 13.2. The highest BCUT2D eigenvalue weighted by Crippen LogP contribution is 2.50. The largest absolute Gasteiger partial charge is 0.507 e. The SMILES string of the molecule is CC1=C(C(=O)OC(C)(C)C)C(O)Cc2c(O)c3c(c(O)c21)C(O)=C(C1O[C@H](CO)[C@@H](O)[C@H](O)[C@H]1O)C(=O)C3=O. The molecule has 6 atom stereocenters. The second-order valence-electron chi connectivity index (χ2n) is 10.7. The Hall–Kier alpha value is -3.33. The van der Waals surface area contributed by atoms with E-state index in [0.717, 1.165) is 0 Å². The minimum Gasteiger partial charge on any atom is -0.507 e. The van der Waals surface area contributed by atoms with E-state index in [1.54, 1.807) is 20.8 Å². The Labute approximate surface area is 221 Å². The summed E-state index contributed by atoms with van der Waals surface area (Å²) in [5.74, 6) is -6.47. The zero-order chi connectivity index (χ0) is 29.3. The van der Waals surface area contributed by atoms with Crippen molar-refractivity contribution >= 4 is 28.9 Å². The van der Waals surface area contributed by atoms with E-state index in [1.165, 1.54) is 6.92 Å². The van der Waals surface area contributed by atoms with Gasteiger partial charge in [-0.25, -0.2) is 4.79 Å². The van der Waals surface area contributed by atoms with Crippen molar-refractivity contribution < 1.29 is 64.7 Å². The first-order valence-corrected chi connectivity index (χ1v) is 12.1. The monoisotopic (exact) mass is 550 g/mol. The van der Waals surface area contributed by atoms with E-state index in [-0.39, 0.29) is 22.3 Å². The summed E-state index contributed by atoms with van der Waals surface area (Å²) in [4.78, 5) is 39.1. The number of carbonyl (C=O) groups excluding carboxylic acids is 3. The maximum atomic E-state index is 13.2. The van der Waals surface area contributed by atoms with Crippen molar-refractivity contribution in [2.75, 3.05) is 6.61 Å². The molecule has 0 spiro atoms. The number of benzene rings is 1. The Balaban J connectivity index is 1.96. The van der Waals surface area contributed by atoms with Gasteiger partial charge in [-0.1, -0.05) is 0 Å². The first-order valence-electron chi connectivity index (χ1n) is 12.1. The molecule has 8 N–H and O–H groups in total. The van der Waals surface area contributed by atoms with Crippen molar-refractivity contribution in [1.82, 2.24) is 0 Å². The fourth-order valence-corrected chi connectivity index (χ4v) is 5.21. The number of hydrogen-bond donors (Lipinski definition) is 8. The highest BCUT2D eigenvalue weighted by Gasteiger charge is 2.51. The number of ketones is 2. The third-order valence-electron chi connectivity index (χ3n) is 7.02. The molecule has 1 aliphatic heterocycles. The molecule has 0 amide bonds. The molecule has 2 aliphatic carbocycles. The van der Waals surface area contributed by atoms with E-state index in [0.29, 0.717) is 0 Å². The molecule has 1 aromatic carbocycles. The van der Waals surface area contributed by atoms with Crippen LogP contribution in [0.3, 0.4) is 0 Å². The predicted molar refractivity (Wildman–Crippen MR) is 131 cm³/mol. The van der Waals surface area contributed by atoms with E-state index >= 15 is 0 Å². The number of hydrogen-bond acceptors (Lipinski definition) is 13. The second kappa shape index (κ2) is 9.70. The van der Waals surface area contributed by atoms with Crippen LogP contribution in [-0.2, 0) is 25.5 Å². The van der Waals surface area contributed by atoms with E-state index in [9.17, 15) is 55.2 Å². The molecule has 1 fully saturated rings. The summed E-state index contributed by atoms with van der Waals surface area (Å²) >= 11 is 0. The van der Waals surface area contributed by atoms with Crippen LogP contribution in [0.1, 0.15) is 54.7 Å². The standard InChI is InChI=1S/C26H30O13/c1-7-11-8(5-9(28)12(7)25(37)39-26(2,3)4)16(29)13-14(18(11)31)19(32)15(21(34)20(13)33)24-23(36)22(35)17(30)10(6-27)38-24/h9-10,17,22-24,27-32,35-36H,5-6H2,1-4H3/t9?,10-,17-,22+,23-,24?/m1/s1. The van der Waals surface area contributed by atoms with Crippen LogP contribution < -0.4 is 0 Å². The summed E-state index contributed by atoms with van der Waals surface area (Å²) in [6.45, 7) is 5.32. The molecule has 4 rings (SSSR count). The molecule has 212 valence electrons. The molecule has 1 saturated heterocycles. The minimum atomic E-state index is -2.04. The molecule has 13 heteroatoms. The van der Waals surface area contributed by atoms with Gasteiger partial charge >= 0.3 is 5.97 Å². The molecule has 0 saturated carbocycles. The lowest BCUT2D eigenvalue weighted by atomic mass is 9.75. The average Bonchev–Trinajstić information content (AvgIpc) is 2.83. The number of fused-ring (bicyclic) bond motifs is 2. The number of aliphatic hydroxyl groups is 6. The Morgan fingerprint density at radius 3 is 2.10 bits per heavy atom. The van der Waals surface area contributed by atoms with Gasteiger partial charge in [-0.3, -0.25) is 9.59 Å². The van der Waals surface area contributed by atoms with Crippen LogP contribution in [-0.4, -0.2) is 107 Å². The van der Waals surface area contributed by atoms with Crippen LogP contribution in [0, 0.1) is 0 Å². The Bertz CT molecular complexity index is 1330. The molecule has 0 aromatic heterocycles. The number of ether oxygens (including phenoxy) is 2. The number of phenolic OH excluding ortho intramolecular Hbond substituents is 2. The predicted octanol–water partition coefficient (Wildman–Crippen LogP) is -0.993. The highest BCUT2D eigenvalue weighted by atomic mass is 16.6. The van der Waals surface area contributed by atoms with Crippen LogP contribution in [0.15, 0.2) is 11.1 Å². The molecule has 2 unspecified atom stereocenters. The van der Waals surface area contributed by atoms with Crippen molar-refractivity contribution in [3.05, 3.63) is 33.4 Å². The average molecular weight is 551 g/mol. The number of rotatable bonds is 3. The van der Waals surface area contributed by atoms with Crippen molar-refractivity contribution in [1.29, 1.82) is 0 Å². The molecule has 3 aliphatic rings. The van der Waals surface area contributed by atoms with Crippen molar-refractivity contribution in [2.45, 2.75) is 76.3 Å². The van der Waals surface area contributed by atoms with E-state index < -0.39 is 107 Å². The number of allylic oxidation sites excluding steroid dienone is 1. The number of aromatic hydroxyl groups is 2. The van der Waals surface area contributed by atoms with Crippen LogP contribution in [0.25, 0.3) is 11.3 Å². The van der Waals surface area contributed by atoms with Gasteiger partial charge < -0.3 is 50.3 Å². The summed E-state index contributed by atoms with van der Waals surface area (Å²) < 4.78 is 10.7. The molecule has 0 bridgehead atoms. The van der Waals surface area contributed by atoms with E-state index in [1.807, 2.05) is 0 Å². The van der Waals surface area contributed by atoms with Crippen LogP contribution >= 0.6 is 0 Å². The number of aliphatic hydroxyl groups excluding tert-OH is 6. The topological polar surface area (TPSA) is 232 Å². The molecule has 1 heterocycles.